The lowest BCUT2D eigenvalue weighted by Gasteiger charge is -2.23. The highest BCUT2D eigenvalue weighted by Crippen LogP contribution is 2.35. The van der Waals surface area contributed by atoms with Crippen LogP contribution < -0.4 is 15.5 Å². The number of amides is 3. The van der Waals surface area contributed by atoms with Gasteiger partial charge in [0.2, 0.25) is 17.7 Å². The molecule has 3 unspecified atom stereocenters. The highest BCUT2D eigenvalue weighted by Gasteiger charge is 2.40. The number of hydrogen-bond acceptors (Lipinski definition) is 11. The van der Waals surface area contributed by atoms with Crippen molar-refractivity contribution in [2.24, 2.45) is 11.8 Å². The number of nitrogens with one attached hydrogen (secondary N) is 3. The first-order valence-electron chi connectivity index (χ1n) is 20.4. The van der Waals surface area contributed by atoms with Gasteiger partial charge >= 0.3 is 0 Å². The van der Waals surface area contributed by atoms with Crippen LogP contribution in [0.15, 0.2) is 77.6 Å². The number of rotatable bonds is 10. The van der Waals surface area contributed by atoms with Crippen LogP contribution in [0.25, 0.3) is 33.5 Å². The predicted molar refractivity (Wildman–Crippen MR) is 222 cm³/mol. The zero-order valence-electron chi connectivity index (χ0n) is 33.8. The number of aromatic amines is 1. The minimum Gasteiger partial charge on any atom is -0.370 e. The number of imide groups is 1. The van der Waals surface area contributed by atoms with E-state index in [1.807, 2.05) is 64.4 Å². The van der Waals surface area contributed by atoms with Crippen molar-refractivity contribution in [1.29, 1.82) is 0 Å². The Balaban J connectivity index is 0.789. The fourth-order valence-corrected chi connectivity index (χ4v) is 8.62. The molecule has 3 saturated heterocycles. The van der Waals surface area contributed by atoms with Gasteiger partial charge in [-0.2, -0.15) is 10.1 Å². The van der Waals surface area contributed by atoms with Crippen LogP contribution in [0, 0.1) is 18.8 Å². The molecule has 3 amide bonds. The SMILES string of the molecule is Cc1cc(-c2n[nH]c3ncc(-c4ccc(N5CC6CN(CCc7ccc(C8CCC(=O)NC8=O)cc7)CC6C5)cn4)cc23)ccc1CNC(=O)c1noc(C(C)(C)C)n1. The number of anilines is 1. The summed E-state index contributed by atoms with van der Waals surface area (Å²) in [5.41, 5.74) is 9.24. The highest BCUT2D eigenvalue weighted by atomic mass is 16.5. The molecule has 3 aliphatic rings. The van der Waals surface area contributed by atoms with Gasteiger partial charge in [-0.25, -0.2) is 4.98 Å². The Morgan fingerprint density at radius 3 is 2.42 bits per heavy atom. The Bertz CT molecular complexity index is 2520. The van der Waals surface area contributed by atoms with Gasteiger partial charge in [0.25, 0.3) is 11.7 Å². The van der Waals surface area contributed by atoms with Crippen molar-refractivity contribution in [3.05, 3.63) is 107 Å². The molecule has 0 bridgehead atoms. The number of carbonyl (C=O) groups excluding carboxylic acids is 3. The Labute approximate surface area is 342 Å². The largest absolute Gasteiger partial charge is 0.370 e. The summed E-state index contributed by atoms with van der Waals surface area (Å²) in [4.78, 5) is 55.4. The number of aromatic nitrogens is 6. The summed E-state index contributed by atoms with van der Waals surface area (Å²) in [6.45, 7) is 13.5. The van der Waals surface area contributed by atoms with E-state index in [0.29, 0.717) is 42.8 Å². The predicted octanol–water partition coefficient (Wildman–Crippen LogP) is 5.74. The van der Waals surface area contributed by atoms with E-state index in [2.05, 4.69) is 82.2 Å². The van der Waals surface area contributed by atoms with E-state index < -0.39 is 0 Å². The number of nitrogens with zero attached hydrogens (tertiary/aromatic N) is 7. The average molecular weight is 793 g/mol. The molecular weight excluding hydrogens is 745 g/mol. The Morgan fingerprint density at radius 1 is 0.932 bits per heavy atom. The molecule has 3 atom stereocenters. The van der Waals surface area contributed by atoms with Gasteiger partial charge in [0, 0.05) is 73.8 Å². The molecule has 14 heteroatoms. The van der Waals surface area contributed by atoms with Crippen LogP contribution >= 0.6 is 0 Å². The lowest BCUT2D eigenvalue weighted by Crippen LogP contribution is -2.39. The molecule has 7 heterocycles. The highest BCUT2D eigenvalue weighted by molar-refractivity contribution is 6.01. The summed E-state index contributed by atoms with van der Waals surface area (Å²) in [5, 5.41) is 17.8. The monoisotopic (exact) mass is 792 g/mol. The Morgan fingerprint density at radius 2 is 1.73 bits per heavy atom. The maximum absolute atomic E-state index is 12.7. The van der Waals surface area contributed by atoms with Gasteiger partial charge in [-0.05, 0) is 78.1 Å². The normalized spacial score (nSPS) is 19.7. The van der Waals surface area contributed by atoms with Crippen LogP contribution in [0.1, 0.15) is 78.3 Å². The number of pyridine rings is 2. The zero-order chi connectivity index (χ0) is 40.8. The second kappa shape index (κ2) is 15.5. The second-order valence-electron chi connectivity index (χ2n) is 17.3. The molecule has 0 aliphatic carbocycles. The minimum absolute atomic E-state index is 0.0214. The number of benzene rings is 2. The lowest BCUT2D eigenvalue weighted by atomic mass is 9.90. The molecule has 0 saturated carbocycles. The van der Waals surface area contributed by atoms with Crippen LogP contribution in [0.4, 0.5) is 5.69 Å². The van der Waals surface area contributed by atoms with Crippen LogP contribution in [-0.4, -0.2) is 85.7 Å². The van der Waals surface area contributed by atoms with Gasteiger partial charge in [-0.15, -0.1) is 0 Å². The van der Waals surface area contributed by atoms with E-state index in [1.54, 1.807) is 0 Å². The summed E-state index contributed by atoms with van der Waals surface area (Å²) in [7, 11) is 0. The standard InChI is InChI=1S/C45H48N10O4/c1-26-17-29(9-10-30(26)19-48-43(58)41-50-44(59-53-41)45(2,3)4)39-36-18-31(20-47-40(36)52-51-39)37-13-11-34(21-46-37)55-24-32-22-54(23-33(32)25-55)16-15-27-5-7-28(8-6-27)35-12-14-38(56)49-42(35)57/h5-11,13,17-18,20-21,32-33,35H,12,14-16,19,22-25H2,1-4H3,(H,48,58)(H,47,51,52)(H,49,56,57). The van der Waals surface area contributed by atoms with Crippen molar-refractivity contribution in [2.75, 3.05) is 37.6 Å². The van der Waals surface area contributed by atoms with E-state index in [1.165, 1.54) is 5.56 Å². The fraction of sp³-hybridized carbons (Fsp3) is 0.378. The summed E-state index contributed by atoms with van der Waals surface area (Å²) in [6, 6.07) is 20.8. The molecule has 59 heavy (non-hydrogen) atoms. The molecular formula is C45H48N10O4. The van der Waals surface area contributed by atoms with Gasteiger partial charge in [-0.3, -0.25) is 29.8 Å². The number of fused-ring (bicyclic) bond motifs is 2. The average Bonchev–Trinajstić information content (AvgIpc) is 4.04. The van der Waals surface area contributed by atoms with Crippen LogP contribution in [0.5, 0.6) is 0 Å². The number of H-pyrrole nitrogens is 1. The van der Waals surface area contributed by atoms with E-state index in [0.717, 1.165) is 89.4 Å². The molecule has 3 fully saturated rings. The third-order valence-electron chi connectivity index (χ3n) is 12.1. The number of aryl methyl sites for hydroxylation is 1. The second-order valence-corrected chi connectivity index (χ2v) is 17.3. The van der Waals surface area contributed by atoms with Crippen LogP contribution in [0.3, 0.4) is 0 Å². The fourth-order valence-electron chi connectivity index (χ4n) is 8.62. The van der Waals surface area contributed by atoms with E-state index >= 15 is 0 Å². The molecule has 2 aromatic carbocycles. The van der Waals surface area contributed by atoms with E-state index in [-0.39, 0.29) is 34.9 Å². The first-order chi connectivity index (χ1) is 28.4. The first-order valence-corrected chi connectivity index (χ1v) is 20.4. The van der Waals surface area contributed by atoms with Gasteiger partial charge in [0.05, 0.1) is 23.5 Å². The number of hydrogen-bond donors (Lipinski definition) is 3. The maximum Gasteiger partial charge on any atom is 0.292 e. The van der Waals surface area contributed by atoms with Gasteiger partial charge < -0.3 is 19.6 Å². The van der Waals surface area contributed by atoms with Gasteiger partial charge in [0.1, 0.15) is 5.69 Å². The molecule has 14 nitrogen and oxygen atoms in total. The van der Waals surface area contributed by atoms with Crippen LogP contribution in [0.2, 0.25) is 0 Å². The molecule has 3 N–H and O–H groups in total. The Kier molecular flexibility index (Phi) is 10.0. The zero-order valence-corrected chi connectivity index (χ0v) is 33.8. The van der Waals surface area contributed by atoms with Gasteiger partial charge in [-0.1, -0.05) is 62.3 Å². The third kappa shape index (κ3) is 7.96. The topological polar surface area (TPSA) is 175 Å². The van der Waals surface area contributed by atoms with E-state index in [9.17, 15) is 14.4 Å². The van der Waals surface area contributed by atoms with Crippen molar-refractivity contribution >= 4 is 34.4 Å². The van der Waals surface area contributed by atoms with Crippen molar-refractivity contribution in [3.63, 3.8) is 0 Å². The molecule has 3 aliphatic heterocycles. The summed E-state index contributed by atoms with van der Waals surface area (Å²) in [5.74, 6) is 0.705. The third-order valence-corrected chi connectivity index (χ3v) is 12.1. The van der Waals surface area contributed by atoms with Crippen molar-refractivity contribution in [2.45, 2.75) is 64.8 Å². The maximum atomic E-state index is 12.7. The van der Waals surface area contributed by atoms with Crippen molar-refractivity contribution in [1.82, 2.24) is 45.8 Å². The Hall–Kier alpha value is -6.28. The lowest BCUT2D eigenvalue weighted by molar-refractivity contribution is -0.134. The quantitative estimate of drug-likeness (QED) is 0.144. The summed E-state index contributed by atoms with van der Waals surface area (Å²) in [6.07, 6.45) is 5.76. The minimum atomic E-state index is -0.386. The van der Waals surface area contributed by atoms with Crippen molar-refractivity contribution in [3.8, 4) is 22.5 Å². The summed E-state index contributed by atoms with van der Waals surface area (Å²) < 4.78 is 5.27. The summed E-state index contributed by atoms with van der Waals surface area (Å²) >= 11 is 0. The molecule has 4 aromatic heterocycles. The van der Waals surface area contributed by atoms with Crippen molar-refractivity contribution < 1.29 is 18.9 Å². The first kappa shape index (κ1) is 38.2. The molecule has 6 aromatic rings. The van der Waals surface area contributed by atoms with E-state index in [4.69, 9.17) is 9.51 Å². The smallest absolute Gasteiger partial charge is 0.292 e. The number of likely N-dealkylation sites (tertiary alicyclic amines) is 1. The molecule has 9 rings (SSSR count). The number of piperidine rings is 1. The van der Waals surface area contributed by atoms with Gasteiger partial charge in [0.15, 0.2) is 5.65 Å². The molecule has 0 spiro atoms. The molecule has 0 radical (unpaired) electrons. The molecule has 302 valence electrons. The number of carbonyl (C=O) groups is 3. The van der Waals surface area contributed by atoms with Crippen LogP contribution in [-0.2, 0) is 28.0 Å².